The third-order valence-corrected chi connectivity index (χ3v) is 4.92. The van der Waals surface area contributed by atoms with Crippen LogP contribution in [-0.2, 0) is 4.79 Å². The summed E-state index contributed by atoms with van der Waals surface area (Å²) in [5.41, 5.74) is 3.82. The molecule has 0 radical (unpaired) electrons. The Balaban J connectivity index is 2.18. The van der Waals surface area contributed by atoms with Crippen molar-refractivity contribution in [2.75, 3.05) is 6.54 Å². The fraction of sp³-hybridized carbons (Fsp3) is 0.400. The summed E-state index contributed by atoms with van der Waals surface area (Å²) in [4.78, 5) is 24.0. The number of rotatable bonds is 9. The van der Waals surface area contributed by atoms with Gasteiger partial charge in [-0.3, -0.25) is 14.8 Å². The van der Waals surface area contributed by atoms with Crippen molar-refractivity contribution in [3.05, 3.63) is 72.1 Å². The van der Waals surface area contributed by atoms with Crippen LogP contribution in [-0.4, -0.2) is 40.2 Å². The maximum absolute atomic E-state index is 13.2. The van der Waals surface area contributed by atoms with Crippen molar-refractivity contribution in [3.8, 4) is 5.75 Å². The Labute approximate surface area is 180 Å². The number of aryl methyl sites for hydroxylation is 1. The minimum atomic E-state index is -0.600. The van der Waals surface area contributed by atoms with Crippen LogP contribution < -0.4 is 4.74 Å². The molecule has 0 saturated heterocycles. The SMILES string of the molecule is C=C(C)C(CN(C(=O)[C@@H](C)Oc1ccc(C)cc1)C(C)C)=NC(C)c1cccnc1. The molecule has 0 aliphatic carbocycles. The molecule has 0 bridgehead atoms. The molecule has 5 nitrogen and oxygen atoms in total. The van der Waals surface area contributed by atoms with Crippen LogP contribution in [0.4, 0.5) is 0 Å². The zero-order valence-corrected chi connectivity index (χ0v) is 18.9. The molecule has 2 atom stereocenters. The van der Waals surface area contributed by atoms with Gasteiger partial charge in [0.2, 0.25) is 0 Å². The van der Waals surface area contributed by atoms with Crippen LogP contribution in [0.25, 0.3) is 0 Å². The van der Waals surface area contributed by atoms with Crippen LogP contribution >= 0.6 is 0 Å². The van der Waals surface area contributed by atoms with Crippen LogP contribution in [0.2, 0.25) is 0 Å². The number of amides is 1. The van der Waals surface area contributed by atoms with Crippen LogP contribution in [0.3, 0.4) is 0 Å². The monoisotopic (exact) mass is 407 g/mol. The van der Waals surface area contributed by atoms with E-state index in [1.807, 2.05) is 77.2 Å². The lowest BCUT2D eigenvalue weighted by molar-refractivity contribution is -0.138. The molecule has 1 amide bonds. The van der Waals surface area contributed by atoms with Gasteiger partial charge in [-0.05, 0) is 70.9 Å². The molecule has 1 heterocycles. The minimum Gasteiger partial charge on any atom is -0.481 e. The molecule has 1 aromatic heterocycles. The first-order chi connectivity index (χ1) is 14.2. The fourth-order valence-electron chi connectivity index (χ4n) is 3.00. The van der Waals surface area contributed by atoms with E-state index in [0.29, 0.717) is 12.3 Å². The summed E-state index contributed by atoms with van der Waals surface area (Å²) in [6, 6.07) is 11.5. The van der Waals surface area contributed by atoms with E-state index in [-0.39, 0.29) is 18.0 Å². The number of aromatic nitrogens is 1. The van der Waals surface area contributed by atoms with E-state index in [9.17, 15) is 4.79 Å². The van der Waals surface area contributed by atoms with Crippen molar-refractivity contribution >= 4 is 11.6 Å². The first-order valence-electron chi connectivity index (χ1n) is 10.3. The zero-order valence-electron chi connectivity index (χ0n) is 18.9. The number of aliphatic imine (C=N–C) groups is 1. The highest BCUT2D eigenvalue weighted by molar-refractivity contribution is 6.02. The van der Waals surface area contributed by atoms with E-state index >= 15 is 0 Å². The Morgan fingerprint density at radius 3 is 2.37 bits per heavy atom. The van der Waals surface area contributed by atoms with Gasteiger partial charge in [0, 0.05) is 18.4 Å². The molecule has 2 aromatic rings. The molecule has 2 rings (SSSR count). The molecule has 1 unspecified atom stereocenters. The molecule has 0 spiro atoms. The highest BCUT2D eigenvalue weighted by Gasteiger charge is 2.26. The third-order valence-electron chi connectivity index (χ3n) is 4.92. The van der Waals surface area contributed by atoms with E-state index in [1.54, 1.807) is 18.0 Å². The maximum atomic E-state index is 13.2. The molecule has 5 heteroatoms. The predicted octanol–water partition coefficient (Wildman–Crippen LogP) is 5.17. The average molecular weight is 408 g/mol. The highest BCUT2D eigenvalue weighted by Crippen LogP contribution is 2.18. The Bertz CT molecular complexity index is 873. The van der Waals surface area contributed by atoms with Gasteiger partial charge in [-0.15, -0.1) is 0 Å². The summed E-state index contributed by atoms with van der Waals surface area (Å²) >= 11 is 0. The van der Waals surface area contributed by atoms with Gasteiger partial charge in [-0.25, -0.2) is 0 Å². The first kappa shape index (κ1) is 23.3. The molecule has 0 aliphatic rings. The maximum Gasteiger partial charge on any atom is 0.263 e. The quantitative estimate of drug-likeness (QED) is 0.539. The number of hydrogen-bond donors (Lipinski definition) is 0. The molecular weight excluding hydrogens is 374 g/mol. The number of nitrogens with zero attached hydrogens (tertiary/aromatic N) is 3. The number of ether oxygens (including phenoxy) is 1. The third kappa shape index (κ3) is 6.55. The van der Waals surface area contributed by atoms with Crippen molar-refractivity contribution < 1.29 is 9.53 Å². The van der Waals surface area contributed by atoms with E-state index in [2.05, 4.69) is 11.6 Å². The average Bonchev–Trinajstić information content (AvgIpc) is 2.72. The Kier molecular flexibility index (Phi) is 8.34. The summed E-state index contributed by atoms with van der Waals surface area (Å²) in [5.74, 6) is 0.609. The Morgan fingerprint density at radius 2 is 1.83 bits per heavy atom. The molecule has 0 saturated carbocycles. The highest BCUT2D eigenvalue weighted by atomic mass is 16.5. The topological polar surface area (TPSA) is 54.8 Å². The lowest BCUT2D eigenvalue weighted by Crippen LogP contribution is -2.47. The van der Waals surface area contributed by atoms with Crippen LogP contribution in [0.15, 0.2) is 65.9 Å². The van der Waals surface area contributed by atoms with Crippen molar-refractivity contribution in [1.82, 2.24) is 9.88 Å². The zero-order chi connectivity index (χ0) is 22.3. The Morgan fingerprint density at radius 1 is 1.17 bits per heavy atom. The van der Waals surface area contributed by atoms with Gasteiger partial charge < -0.3 is 9.64 Å². The van der Waals surface area contributed by atoms with Crippen LogP contribution in [0.5, 0.6) is 5.75 Å². The summed E-state index contributed by atoms with van der Waals surface area (Å²) in [6.45, 7) is 16.2. The lowest BCUT2D eigenvalue weighted by atomic mass is 10.1. The van der Waals surface area contributed by atoms with E-state index in [4.69, 9.17) is 9.73 Å². The van der Waals surface area contributed by atoms with E-state index in [0.717, 1.165) is 22.4 Å². The Hall–Kier alpha value is -2.95. The molecule has 0 fully saturated rings. The van der Waals surface area contributed by atoms with Gasteiger partial charge in [0.05, 0.1) is 18.3 Å². The predicted molar refractivity (Wildman–Crippen MR) is 123 cm³/mol. The van der Waals surface area contributed by atoms with Crippen molar-refractivity contribution in [3.63, 3.8) is 0 Å². The second-order valence-corrected chi connectivity index (χ2v) is 7.95. The largest absolute Gasteiger partial charge is 0.481 e. The number of carbonyl (C=O) groups is 1. The number of carbonyl (C=O) groups excluding carboxylic acids is 1. The van der Waals surface area contributed by atoms with Crippen LogP contribution in [0.1, 0.15) is 51.8 Å². The van der Waals surface area contributed by atoms with Crippen LogP contribution in [0, 0.1) is 6.92 Å². The molecule has 1 aromatic carbocycles. The van der Waals surface area contributed by atoms with Crippen molar-refractivity contribution in [1.29, 1.82) is 0 Å². The number of hydrogen-bond acceptors (Lipinski definition) is 4. The standard InChI is InChI=1S/C25H33N3O2/c1-17(2)24(27-20(6)22-9-8-14-26-15-22)16-28(18(3)4)25(29)21(7)30-23-12-10-19(5)11-13-23/h8-15,18,20-21H,1,16H2,2-7H3/t20?,21-/m1/s1. The first-order valence-corrected chi connectivity index (χ1v) is 10.3. The summed E-state index contributed by atoms with van der Waals surface area (Å²) < 4.78 is 5.89. The van der Waals surface area contributed by atoms with Crippen molar-refractivity contribution in [2.24, 2.45) is 4.99 Å². The smallest absolute Gasteiger partial charge is 0.263 e. The summed E-state index contributed by atoms with van der Waals surface area (Å²) in [7, 11) is 0. The van der Waals surface area contributed by atoms with Gasteiger partial charge in [-0.2, -0.15) is 0 Å². The molecule has 0 aliphatic heterocycles. The summed E-state index contributed by atoms with van der Waals surface area (Å²) in [5, 5.41) is 0. The van der Waals surface area contributed by atoms with E-state index in [1.165, 1.54) is 0 Å². The van der Waals surface area contributed by atoms with E-state index < -0.39 is 6.10 Å². The van der Waals surface area contributed by atoms with Gasteiger partial charge >= 0.3 is 0 Å². The molecule has 30 heavy (non-hydrogen) atoms. The number of pyridine rings is 1. The van der Waals surface area contributed by atoms with Gasteiger partial charge in [0.1, 0.15) is 5.75 Å². The molecule has 0 N–H and O–H groups in total. The van der Waals surface area contributed by atoms with Gasteiger partial charge in [0.15, 0.2) is 6.10 Å². The normalized spacial score (nSPS) is 13.6. The lowest BCUT2D eigenvalue weighted by Gasteiger charge is -2.30. The van der Waals surface area contributed by atoms with Gasteiger partial charge in [0.25, 0.3) is 5.91 Å². The second kappa shape index (κ2) is 10.7. The fourth-order valence-corrected chi connectivity index (χ4v) is 3.00. The summed E-state index contributed by atoms with van der Waals surface area (Å²) in [6.07, 6.45) is 2.96. The second-order valence-electron chi connectivity index (χ2n) is 7.95. The molecule has 160 valence electrons. The number of benzene rings is 1. The minimum absolute atomic E-state index is 0.000170. The molecular formula is C25H33N3O2. The van der Waals surface area contributed by atoms with Crippen molar-refractivity contribution in [2.45, 2.75) is 59.7 Å². The van der Waals surface area contributed by atoms with Gasteiger partial charge in [-0.1, -0.05) is 30.3 Å².